The van der Waals surface area contributed by atoms with E-state index in [9.17, 15) is 18.4 Å². The highest BCUT2D eigenvalue weighted by Gasteiger charge is 2.36. The van der Waals surface area contributed by atoms with E-state index < -0.39 is 17.2 Å². The number of nitrogens with zero attached hydrogens (tertiary/aromatic N) is 1. The van der Waals surface area contributed by atoms with Crippen LogP contribution in [0.1, 0.15) is 25.8 Å². The normalized spacial score (nSPS) is 18.7. The van der Waals surface area contributed by atoms with E-state index in [1.165, 1.54) is 11.0 Å². The molecule has 4 nitrogen and oxygen atoms in total. The number of rotatable bonds is 2. The van der Waals surface area contributed by atoms with Crippen LogP contribution in [-0.4, -0.2) is 28.8 Å². The Bertz CT molecular complexity index is 538. The van der Waals surface area contributed by atoms with Gasteiger partial charge in [-0.3, -0.25) is 9.59 Å². The van der Waals surface area contributed by atoms with Crippen LogP contribution in [0, 0.1) is 11.6 Å². The second-order valence-electron chi connectivity index (χ2n) is 5.35. The van der Waals surface area contributed by atoms with Crippen LogP contribution in [0.25, 0.3) is 0 Å². The molecule has 6 heteroatoms. The summed E-state index contributed by atoms with van der Waals surface area (Å²) in [6, 6.07) is 3.57. The fraction of sp³-hybridized carbons (Fsp3) is 0.429. The Balaban J connectivity index is 2.28. The second kappa shape index (κ2) is 5.19. The Hall–Kier alpha value is -1.98. The standard InChI is InChI=1S/C14H16F2N2O2/c1-14(2)13(20)18(7-6-12(19)17-14)8-9-10(15)4-3-5-11(9)16/h3-5H,6-8H2,1-2H3,(H,17,19). The van der Waals surface area contributed by atoms with Crippen LogP contribution < -0.4 is 5.32 Å². The van der Waals surface area contributed by atoms with Crippen molar-refractivity contribution < 1.29 is 18.4 Å². The van der Waals surface area contributed by atoms with E-state index >= 15 is 0 Å². The zero-order chi connectivity index (χ0) is 14.9. The van der Waals surface area contributed by atoms with E-state index in [2.05, 4.69) is 5.32 Å². The summed E-state index contributed by atoms with van der Waals surface area (Å²) in [7, 11) is 0. The van der Waals surface area contributed by atoms with Gasteiger partial charge in [-0.1, -0.05) is 6.07 Å². The van der Waals surface area contributed by atoms with Gasteiger partial charge in [-0.2, -0.15) is 0 Å². The predicted octanol–water partition coefficient (Wildman–Crippen LogP) is 1.59. The first kappa shape index (κ1) is 14.4. The molecule has 20 heavy (non-hydrogen) atoms. The van der Waals surface area contributed by atoms with Gasteiger partial charge in [-0.15, -0.1) is 0 Å². The lowest BCUT2D eigenvalue weighted by Gasteiger charge is -2.29. The first-order valence-electron chi connectivity index (χ1n) is 6.34. The van der Waals surface area contributed by atoms with Crippen molar-refractivity contribution in [1.82, 2.24) is 10.2 Å². The molecule has 0 saturated carbocycles. The molecule has 1 saturated heterocycles. The molecule has 1 aromatic carbocycles. The lowest BCUT2D eigenvalue weighted by Crippen LogP contribution is -2.52. The van der Waals surface area contributed by atoms with Crippen molar-refractivity contribution in [3.63, 3.8) is 0 Å². The number of halogens is 2. The summed E-state index contributed by atoms with van der Waals surface area (Å²) in [5, 5.41) is 2.60. The number of hydrogen-bond acceptors (Lipinski definition) is 2. The van der Waals surface area contributed by atoms with Crippen LogP contribution in [-0.2, 0) is 16.1 Å². The van der Waals surface area contributed by atoms with E-state index in [-0.39, 0.29) is 36.9 Å². The number of carbonyl (C=O) groups is 2. The number of amides is 2. The van der Waals surface area contributed by atoms with E-state index in [4.69, 9.17) is 0 Å². The van der Waals surface area contributed by atoms with Crippen LogP contribution in [0.2, 0.25) is 0 Å². The predicted molar refractivity (Wildman–Crippen MR) is 68.6 cm³/mol. The molecule has 0 aromatic heterocycles. The lowest BCUT2D eigenvalue weighted by molar-refractivity contribution is -0.137. The van der Waals surface area contributed by atoms with Crippen molar-refractivity contribution in [1.29, 1.82) is 0 Å². The van der Waals surface area contributed by atoms with Gasteiger partial charge in [-0.25, -0.2) is 8.78 Å². The molecule has 108 valence electrons. The van der Waals surface area contributed by atoms with Gasteiger partial charge in [0.2, 0.25) is 11.8 Å². The Morgan fingerprint density at radius 1 is 1.25 bits per heavy atom. The highest BCUT2D eigenvalue weighted by molar-refractivity contribution is 5.92. The Kier molecular flexibility index (Phi) is 3.74. The molecular weight excluding hydrogens is 266 g/mol. The van der Waals surface area contributed by atoms with Crippen molar-refractivity contribution in [2.75, 3.05) is 6.54 Å². The van der Waals surface area contributed by atoms with Gasteiger partial charge in [0.15, 0.2) is 0 Å². The maximum absolute atomic E-state index is 13.6. The van der Waals surface area contributed by atoms with E-state index in [1.54, 1.807) is 13.8 Å². The minimum absolute atomic E-state index is 0.116. The maximum atomic E-state index is 13.6. The minimum atomic E-state index is -1.07. The summed E-state index contributed by atoms with van der Waals surface area (Å²) in [4.78, 5) is 25.1. The van der Waals surface area contributed by atoms with E-state index in [1.807, 2.05) is 0 Å². The van der Waals surface area contributed by atoms with Crippen molar-refractivity contribution in [3.8, 4) is 0 Å². The van der Waals surface area contributed by atoms with Crippen molar-refractivity contribution in [2.45, 2.75) is 32.4 Å². The van der Waals surface area contributed by atoms with Gasteiger partial charge in [-0.05, 0) is 26.0 Å². The fourth-order valence-electron chi connectivity index (χ4n) is 2.22. The number of hydrogen-bond donors (Lipinski definition) is 1. The quantitative estimate of drug-likeness (QED) is 0.895. The molecule has 2 rings (SSSR count). The third-order valence-electron chi connectivity index (χ3n) is 3.29. The van der Waals surface area contributed by atoms with Gasteiger partial charge in [0.05, 0.1) is 6.54 Å². The summed E-state index contributed by atoms with van der Waals surface area (Å²) < 4.78 is 27.3. The Labute approximate surface area is 115 Å². The van der Waals surface area contributed by atoms with Crippen LogP contribution >= 0.6 is 0 Å². The van der Waals surface area contributed by atoms with Crippen LogP contribution in [0.3, 0.4) is 0 Å². The zero-order valence-electron chi connectivity index (χ0n) is 11.4. The van der Waals surface area contributed by atoms with Gasteiger partial charge >= 0.3 is 0 Å². The highest BCUT2D eigenvalue weighted by atomic mass is 19.1. The summed E-state index contributed by atoms with van der Waals surface area (Å²) in [5.74, 6) is -2.00. The van der Waals surface area contributed by atoms with Crippen LogP contribution in [0.15, 0.2) is 18.2 Å². The first-order chi connectivity index (χ1) is 9.31. The third-order valence-corrected chi connectivity index (χ3v) is 3.29. The first-order valence-corrected chi connectivity index (χ1v) is 6.34. The summed E-state index contributed by atoms with van der Waals surface area (Å²) >= 11 is 0. The average Bonchev–Trinajstić information content (AvgIpc) is 2.44. The van der Waals surface area contributed by atoms with Gasteiger partial charge in [0, 0.05) is 18.5 Å². The Morgan fingerprint density at radius 2 is 1.85 bits per heavy atom. The van der Waals surface area contributed by atoms with E-state index in [0.717, 1.165) is 12.1 Å². The van der Waals surface area contributed by atoms with Crippen LogP contribution in [0.4, 0.5) is 8.78 Å². The van der Waals surface area contributed by atoms with Crippen molar-refractivity contribution >= 4 is 11.8 Å². The minimum Gasteiger partial charge on any atom is -0.342 e. The number of benzene rings is 1. The zero-order valence-corrected chi connectivity index (χ0v) is 11.4. The summed E-state index contributed by atoms with van der Waals surface area (Å²) in [6.45, 7) is 3.10. The largest absolute Gasteiger partial charge is 0.342 e. The molecule has 1 heterocycles. The molecule has 1 aliphatic heterocycles. The highest BCUT2D eigenvalue weighted by Crippen LogP contribution is 2.19. The molecule has 1 fully saturated rings. The number of nitrogens with one attached hydrogen (secondary N) is 1. The molecule has 0 aliphatic carbocycles. The molecule has 0 unspecified atom stereocenters. The smallest absolute Gasteiger partial charge is 0.248 e. The molecule has 0 radical (unpaired) electrons. The number of carbonyl (C=O) groups excluding carboxylic acids is 2. The Morgan fingerprint density at radius 3 is 2.45 bits per heavy atom. The molecule has 0 spiro atoms. The topological polar surface area (TPSA) is 49.4 Å². The van der Waals surface area contributed by atoms with Gasteiger partial charge in [0.25, 0.3) is 0 Å². The maximum Gasteiger partial charge on any atom is 0.248 e. The molecule has 1 N–H and O–H groups in total. The molecule has 2 amide bonds. The van der Waals surface area contributed by atoms with Crippen molar-refractivity contribution in [2.24, 2.45) is 0 Å². The van der Waals surface area contributed by atoms with Crippen LogP contribution in [0.5, 0.6) is 0 Å². The molecule has 1 aliphatic rings. The molecule has 0 bridgehead atoms. The second-order valence-corrected chi connectivity index (χ2v) is 5.35. The fourth-order valence-corrected chi connectivity index (χ4v) is 2.22. The average molecular weight is 282 g/mol. The summed E-state index contributed by atoms with van der Waals surface area (Å²) in [6.07, 6.45) is 0.116. The lowest BCUT2D eigenvalue weighted by atomic mass is 10.0. The molecule has 1 aromatic rings. The van der Waals surface area contributed by atoms with Crippen molar-refractivity contribution in [3.05, 3.63) is 35.4 Å². The third kappa shape index (κ3) is 2.79. The van der Waals surface area contributed by atoms with E-state index in [0.29, 0.717) is 0 Å². The van der Waals surface area contributed by atoms with Gasteiger partial charge in [0.1, 0.15) is 17.2 Å². The van der Waals surface area contributed by atoms with Gasteiger partial charge < -0.3 is 10.2 Å². The monoisotopic (exact) mass is 282 g/mol. The molecular formula is C14H16F2N2O2. The SMILES string of the molecule is CC1(C)NC(=O)CCN(Cc2c(F)cccc2F)C1=O. The summed E-state index contributed by atoms with van der Waals surface area (Å²) in [5.41, 5.74) is -1.24. The molecule has 0 atom stereocenters.